The predicted molar refractivity (Wildman–Crippen MR) is 76.2 cm³/mol. The van der Waals surface area contributed by atoms with E-state index in [4.69, 9.17) is 4.74 Å². The van der Waals surface area contributed by atoms with E-state index in [-0.39, 0.29) is 31.6 Å². The van der Waals surface area contributed by atoms with Gasteiger partial charge in [-0.3, -0.25) is 4.79 Å². The van der Waals surface area contributed by atoms with Gasteiger partial charge in [-0.05, 0) is 25.7 Å². The summed E-state index contributed by atoms with van der Waals surface area (Å²) in [4.78, 5) is 23.5. The third-order valence-corrected chi connectivity index (χ3v) is 3.91. The topological polar surface area (TPSA) is 64.6 Å². The van der Waals surface area contributed by atoms with Gasteiger partial charge in [0.25, 0.3) is 0 Å². The fraction of sp³-hybridized carbons (Fsp3) is 0.733. The van der Waals surface area contributed by atoms with Gasteiger partial charge in [-0.25, -0.2) is 4.79 Å². The van der Waals surface area contributed by atoms with Crippen molar-refractivity contribution in [2.24, 2.45) is 11.8 Å². The predicted octanol–water partition coefficient (Wildman–Crippen LogP) is 2.56. The maximum atomic E-state index is 12.6. The van der Waals surface area contributed by atoms with Crippen molar-refractivity contribution < 1.29 is 32.2 Å². The van der Waals surface area contributed by atoms with Gasteiger partial charge in [-0.15, -0.1) is 0 Å². The molecule has 8 heteroatoms. The van der Waals surface area contributed by atoms with Crippen LogP contribution in [0, 0.1) is 11.8 Å². The zero-order chi connectivity index (χ0) is 17.5. The van der Waals surface area contributed by atoms with Crippen LogP contribution in [-0.4, -0.2) is 38.9 Å². The summed E-state index contributed by atoms with van der Waals surface area (Å²) in [6, 6.07) is 0. The molecular weight excluding hydrogens is 315 g/mol. The standard InChI is InChI=1S/C15H22F3NO4/c1-22-8-7-12(9-13(20)23-2)19-14(21)10-3-5-11(6-4-10)15(16,17)18/h9-11H,3-8H2,1-2H3,(H,19,21). The summed E-state index contributed by atoms with van der Waals surface area (Å²) in [7, 11) is 2.70. The quantitative estimate of drug-likeness (QED) is 0.598. The highest BCUT2D eigenvalue weighted by atomic mass is 19.4. The van der Waals surface area contributed by atoms with Gasteiger partial charge in [0.2, 0.25) is 5.91 Å². The Labute approximate surface area is 133 Å². The highest BCUT2D eigenvalue weighted by molar-refractivity contribution is 5.85. The fourth-order valence-electron chi connectivity index (χ4n) is 2.53. The van der Waals surface area contributed by atoms with Crippen molar-refractivity contribution in [3.8, 4) is 0 Å². The number of alkyl halides is 3. The average Bonchev–Trinajstić information content (AvgIpc) is 2.51. The van der Waals surface area contributed by atoms with Crippen LogP contribution in [0.4, 0.5) is 13.2 Å². The molecule has 0 bridgehead atoms. The minimum absolute atomic E-state index is 0.0459. The number of esters is 1. The van der Waals surface area contributed by atoms with Crippen molar-refractivity contribution in [2.75, 3.05) is 20.8 Å². The SMILES string of the molecule is COCCC(=CC(=O)OC)NC(=O)C1CCC(C(F)(F)F)CC1. The first kappa shape index (κ1) is 19.5. The average molecular weight is 337 g/mol. The van der Waals surface area contributed by atoms with Gasteiger partial charge in [-0.1, -0.05) is 0 Å². The van der Waals surface area contributed by atoms with E-state index in [0.717, 1.165) is 6.08 Å². The number of methoxy groups -OCH3 is 2. The van der Waals surface area contributed by atoms with Gasteiger partial charge in [0.05, 0.1) is 19.6 Å². The summed E-state index contributed by atoms with van der Waals surface area (Å²) >= 11 is 0. The van der Waals surface area contributed by atoms with Gasteiger partial charge in [0, 0.05) is 31.2 Å². The van der Waals surface area contributed by atoms with E-state index < -0.39 is 24.0 Å². The van der Waals surface area contributed by atoms with Crippen LogP contribution in [0.1, 0.15) is 32.1 Å². The maximum absolute atomic E-state index is 12.6. The van der Waals surface area contributed by atoms with Crippen molar-refractivity contribution in [1.29, 1.82) is 0 Å². The summed E-state index contributed by atoms with van der Waals surface area (Å²) in [5.41, 5.74) is 0.335. The Hall–Kier alpha value is -1.57. The first-order valence-corrected chi connectivity index (χ1v) is 7.43. The lowest BCUT2D eigenvalue weighted by Gasteiger charge is -2.29. The Balaban J connectivity index is 2.59. The van der Waals surface area contributed by atoms with E-state index in [1.165, 1.54) is 14.2 Å². The molecule has 0 spiro atoms. The molecule has 132 valence electrons. The summed E-state index contributed by atoms with van der Waals surface area (Å²) in [5.74, 6) is -2.78. The van der Waals surface area contributed by atoms with E-state index >= 15 is 0 Å². The fourth-order valence-corrected chi connectivity index (χ4v) is 2.53. The van der Waals surface area contributed by atoms with Crippen molar-refractivity contribution in [1.82, 2.24) is 5.32 Å². The van der Waals surface area contributed by atoms with Crippen LogP contribution in [0.2, 0.25) is 0 Å². The molecule has 23 heavy (non-hydrogen) atoms. The molecule has 1 aliphatic carbocycles. The van der Waals surface area contributed by atoms with Crippen molar-refractivity contribution in [3.05, 3.63) is 11.8 Å². The molecule has 0 heterocycles. The summed E-state index contributed by atoms with van der Waals surface area (Å²) in [6.07, 6.45) is -2.47. The smallest absolute Gasteiger partial charge is 0.391 e. The monoisotopic (exact) mass is 337 g/mol. The highest BCUT2D eigenvalue weighted by Crippen LogP contribution is 2.39. The van der Waals surface area contributed by atoms with E-state index in [1.807, 2.05) is 0 Å². The lowest BCUT2D eigenvalue weighted by molar-refractivity contribution is -0.184. The molecule has 1 saturated carbocycles. The van der Waals surface area contributed by atoms with Crippen molar-refractivity contribution in [3.63, 3.8) is 0 Å². The van der Waals surface area contributed by atoms with Crippen molar-refractivity contribution in [2.45, 2.75) is 38.3 Å². The molecule has 0 aromatic rings. The normalized spacial score (nSPS) is 22.6. The maximum Gasteiger partial charge on any atom is 0.391 e. The molecule has 0 aliphatic heterocycles. The van der Waals surface area contributed by atoms with Gasteiger partial charge in [0.1, 0.15) is 0 Å². The van der Waals surface area contributed by atoms with Crippen LogP contribution in [0.25, 0.3) is 0 Å². The number of rotatable bonds is 6. The van der Waals surface area contributed by atoms with Crippen LogP contribution in [0.5, 0.6) is 0 Å². The first-order chi connectivity index (χ1) is 10.8. The minimum Gasteiger partial charge on any atom is -0.466 e. The summed E-state index contributed by atoms with van der Waals surface area (Å²) < 4.78 is 47.3. The van der Waals surface area contributed by atoms with E-state index in [0.29, 0.717) is 18.7 Å². The number of halogens is 3. The molecule has 0 radical (unpaired) electrons. The molecular formula is C15H22F3NO4. The number of hydrogen-bond donors (Lipinski definition) is 1. The molecule has 0 atom stereocenters. The van der Waals surface area contributed by atoms with Crippen LogP contribution in [0.3, 0.4) is 0 Å². The minimum atomic E-state index is -4.20. The van der Waals surface area contributed by atoms with Crippen LogP contribution in [-0.2, 0) is 19.1 Å². The largest absolute Gasteiger partial charge is 0.466 e. The number of carbonyl (C=O) groups is 2. The first-order valence-electron chi connectivity index (χ1n) is 7.43. The molecule has 0 unspecified atom stereocenters. The lowest BCUT2D eigenvalue weighted by Crippen LogP contribution is -2.36. The number of nitrogens with one attached hydrogen (secondary N) is 1. The summed E-state index contributed by atoms with van der Waals surface area (Å²) in [6.45, 7) is 0.296. The molecule has 0 saturated heterocycles. The van der Waals surface area contributed by atoms with E-state index in [1.54, 1.807) is 0 Å². The number of hydrogen-bond acceptors (Lipinski definition) is 4. The molecule has 0 aromatic carbocycles. The highest BCUT2D eigenvalue weighted by Gasteiger charge is 2.42. The number of carbonyl (C=O) groups excluding carboxylic acids is 2. The Morgan fingerprint density at radius 2 is 1.78 bits per heavy atom. The zero-order valence-corrected chi connectivity index (χ0v) is 13.2. The Morgan fingerprint density at radius 1 is 1.17 bits per heavy atom. The Kier molecular flexibility index (Phi) is 7.54. The Morgan fingerprint density at radius 3 is 2.26 bits per heavy atom. The van der Waals surface area contributed by atoms with Crippen molar-refractivity contribution >= 4 is 11.9 Å². The number of amides is 1. The van der Waals surface area contributed by atoms with Gasteiger partial charge in [0.15, 0.2) is 0 Å². The van der Waals surface area contributed by atoms with Crippen LogP contribution in [0.15, 0.2) is 11.8 Å². The summed E-state index contributed by atoms with van der Waals surface area (Å²) in [5, 5.41) is 2.60. The molecule has 1 amide bonds. The zero-order valence-electron chi connectivity index (χ0n) is 13.2. The second-order valence-corrected chi connectivity index (χ2v) is 5.51. The molecule has 0 aromatic heterocycles. The Bertz CT molecular complexity index is 440. The van der Waals surface area contributed by atoms with E-state index in [9.17, 15) is 22.8 Å². The third-order valence-electron chi connectivity index (χ3n) is 3.91. The molecule has 1 N–H and O–H groups in total. The third kappa shape index (κ3) is 6.60. The molecule has 1 fully saturated rings. The molecule has 5 nitrogen and oxygen atoms in total. The van der Waals surface area contributed by atoms with Gasteiger partial charge in [-0.2, -0.15) is 13.2 Å². The molecule has 1 rings (SSSR count). The van der Waals surface area contributed by atoms with E-state index in [2.05, 4.69) is 10.1 Å². The number of ether oxygens (including phenoxy) is 2. The second kappa shape index (κ2) is 8.90. The van der Waals surface area contributed by atoms with Crippen LogP contribution >= 0.6 is 0 Å². The van der Waals surface area contributed by atoms with Gasteiger partial charge < -0.3 is 14.8 Å². The molecule has 1 aliphatic rings. The lowest BCUT2D eigenvalue weighted by atomic mass is 9.81. The van der Waals surface area contributed by atoms with Crippen LogP contribution < -0.4 is 5.32 Å². The second-order valence-electron chi connectivity index (χ2n) is 5.51. The van der Waals surface area contributed by atoms with Gasteiger partial charge >= 0.3 is 12.1 Å².